The molecule has 1 nitrogen and oxygen atoms in total. The first-order chi connectivity index (χ1) is 34.5. The summed E-state index contributed by atoms with van der Waals surface area (Å²) in [6, 6.07) is 93.7. The third kappa shape index (κ3) is 6.89. The van der Waals surface area contributed by atoms with Crippen molar-refractivity contribution in [2.75, 3.05) is 4.90 Å². The fourth-order valence-corrected chi connectivity index (χ4v) is 12.4. The fraction of sp³-hybridized carbons (Fsp3) is 0.143. The Morgan fingerprint density at radius 3 is 1.46 bits per heavy atom. The zero-order valence-corrected chi connectivity index (χ0v) is 41.6. The van der Waals surface area contributed by atoms with Gasteiger partial charge in [-0.25, -0.2) is 0 Å². The lowest BCUT2D eigenvalue weighted by molar-refractivity contribution is 0.571. The second-order valence-electron chi connectivity index (χ2n) is 21.6. The highest BCUT2D eigenvalue weighted by molar-refractivity contribution is 5.98. The molecule has 0 N–H and O–H groups in total. The lowest BCUT2D eigenvalue weighted by Crippen LogP contribution is -2.32. The van der Waals surface area contributed by atoms with Crippen LogP contribution in [-0.2, 0) is 21.7 Å². The van der Waals surface area contributed by atoms with Gasteiger partial charge in [0.25, 0.3) is 0 Å². The van der Waals surface area contributed by atoms with Crippen LogP contribution in [0, 0.1) is 0 Å². The molecule has 0 aliphatic heterocycles. The normalized spacial score (nSPS) is 16.7. The van der Waals surface area contributed by atoms with Gasteiger partial charge in [0, 0.05) is 16.9 Å². The molecule has 0 fully saturated rings. The summed E-state index contributed by atoms with van der Waals surface area (Å²) in [5.74, 6) is 0. The van der Waals surface area contributed by atoms with Crippen molar-refractivity contribution < 1.29 is 0 Å². The van der Waals surface area contributed by atoms with Crippen molar-refractivity contribution in [2.45, 2.75) is 63.2 Å². The third-order valence-electron chi connectivity index (χ3n) is 15.5. The predicted molar refractivity (Wildman–Crippen MR) is 299 cm³/mol. The number of nitrogens with zero attached hydrogens (tertiary/aromatic N) is 1. The Hall–Kier alpha value is -8.00. The van der Waals surface area contributed by atoms with E-state index in [0.717, 1.165) is 17.1 Å². The highest BCUT2D eigenvalue weighted by Gasteiger charge is 2.50. The number of benzene rings is 10. The van der Waals surface area contributed by atoms with E-state index in [9.17, 15) is 0 Å². The van der Waals surface area contributed by atoms with Gasteiger partial charge in [0.1, 0.15) is 0 Å². The lowest BCUT2D eigenvalue weighted by Gasteiger charge is -2.38. The first-order valence-electron chi connectivity index (χ1n) is 25.3. The molecule has 0 spiro atoms. The van der Waals surface area contributed by atoms with Crippen molar-refractivity contribution in [2.24, 2.45) is 0 Å². The summed E-state index contributed by atoms with van der Waals surface area (Å²) in [5, 5.41) is 0. The Kier molecular flexibility index (Phi) is 10.5. The van der Waals surface area contributed by atoms with Gasteiger partial charge in [-0.1, -0.05) is 260 Å². The van der Waals surface area contributed by atoms with Crippen LogP contribution in [0.3, 0.4) is 0 Å². The zero-order chi connectivity index (χ0) is 48.5. The van der Waals surface area contributed by atoms with Gasteiger partial charge >= 0.3 is 0 Å². The van der Waals surface area contributed by atoms with Gasteiger partial charge in [0.05, 0.1) is 16.5 Å². The Labute approximate surface area is 420 Å². The van der Waals surface area contributed by atoms with Crippen LogP contribution in [0.2, 0.25) is 0 Å². The second-order valence-corrected chi connectivity index (χ2v) is 21.6. The molecule has 71 heavy (non-hydrogen) atoms. The van der Waals surface area contributed by atoms with Crippen LogP contribution in [-0.4, -0.2) is 0 Å². The Bertz CT molecular complexity index is 3590. The topological polar surface area (TPSA) is 3.24 Å². The number of fused-ring (bicyclic) bond motifs is 6. The van der Waals surface area contributed by atoms with Crippen LogP contribution < -0.4 is 4.90 Å². The standard InChI is InChI=1S/C70H59N/c1-67(2,3)52-30-22-31-53(46-52)69(50-26-12-8-13-27-50)60-35-19-17-33-58(60)66-63(69)38-23-39-65(66)71(54-42-40-49(41-43-54)48-24-10-7-11-25-48)55-44-45-57-56-32-16-18-34-59(56)70(64(57)47-55,51-28-14-9-15-29-51)62-37-21-20-36-61(62)68(4,5)6/h7-47H,1-6H3. The van der Waals surface area contributed by atoms with Gasteiger partial charge < -0.3 is 4.90 Å². The molecule has 0 radical (unpaired) electrons. The maximum Gasteiger partial charge on any atom is 0.0717 e. The molecule has 1 heteroatoms. The number of rotatable bonds is 8. The minimum atomic E-state index is -0.596. The van der Waals surface area contributed by atoms with Gasteiger partial charge in [-0.15, -0.1) is 0 Å². The van der Waals surface area contributed by atoms with E-state index >= 15 is 0 Å². The molecule has 0 saturated carbocycles. The average Bonchev–Trinajstić information content (AvgIpc) is 3.88. The summed E-state index contributed by atoms with van der Waals surface area (Å²) in [5.41, 5.74) is 22.4. The van der Waals surface area contributed by atoms with Gasteiger partial charge in [-0.3, -0.25) is 0 Å². The summed E-state index contributed by atoms with van der Waals surface area (Å²) in [6.45, 7) is 14.0. The van der Waals surface area contributed by atoms with Crippen molar-refractivity contribution in [3.63, 3.8) is 0 Å². The van der Waals surface area contributed by atoms with Crippen molar-refractivity contribution in [3.05, 3.63) is 304 Å². The van der Waals surface area contributed by atoms with Gasteiger partial charge in [0.15, 0.2) is 0 Å². The molecular weight excluding hydrogens is 855 g/mol. The average molecular weight is 914 g/mol. The van der Waals surface area contributed by atoms with Crippen molar-refractivity contribution in [1.29, 1.82) is 0 Å². The van der Waals surface area contributed by atoms with Crippen molar-refractivity contribution in [1.82, 2.24) is 0 Å². The minimum Gasteiger partial charge on any atom is -0.310 e. The highest BCUT2D eigenvalue weighted by atomic mass is 15.1. The first-order valence-corrected chi connectivity index (χ1v) is 25.3. The monoisotopic (exact) mass is 913 g/mol. The Balaban J connectivity index is 1.17. The quantitative estimate of drug-likeness (QED) is 0.147. The van der Waals surface area contributed by atoms with E-state index in [-0.39, 0.29) is 10.8 Å². The maximum atomic E-state index is 2.55. The van der Waals surface area contributed by atoms with Gasteiger partial charge in [-0.2, -0.15) is 0 Å². The van der Waals surface area contributed by atoms with Crippen LogP contribution in [0.1, 0.15) is 97.2 Å². The van der Waals surface area contributed by atoms with Crippen LogP contribution >= 0.6 is 0 Å². The molecule has 2 aliphatic rings. The van der Waals surface area contributed by atoms with Gasteiger partial charge in [-0.05, 0) is 125 Å². The summed E-state index contributed by atoms with van der Waals surface area (Å²) in [6.07, 6.45) is 0. The largest absolute Gasteiger partial charge is 0.310 e. The Morgan fingerprint density at radius 2 is 0.803 bits per heavy atom. The van der Waals surface area contributed by atoms with Crippen LogP contribution in [0.25, 0.3) is 33.4 Å². The number of hydrogen-bond acceptors (Lipinski definition) is 1. The zero-order valence-electron chi connectivity index (χ0n) is 41.6. The van der Waals surface area contributed by atoms with Gasteiger partial charge in [0.2, 0.25) is 0 Å². The lowest BCUT2D eigenvalue weighted by atomic mass is 9.64. The molecule has 0 heterocycles. The molecule has 2 atom stereocenters. The van der Waals surface area contributed by atoms with Crippen LogP contribution in [0.4, 0.5) is 17.1 Å². The van der Waals surface area contributed by atoms with E-state index in [0.29, 0.717) is 0 Å². The summed E-state index contributed by atoms with van der Waals surface area (Å²) in [4.78, 5) is 2.55. The second kappa shape index (κ2) is 16.9. The minimum absolute atomic E-state index is 0.0327. The van der Waals surface area contributed by atoms with Crippen molar-refractivity contribution >= 4 is 17.1 Å². The molecule has 344 valence electrons. The van der Waals surface area contributed by atoms with E-state index in [2.05, 4.69) is 295 Å². The van der Waals surface area contributed by atoms with Crippen molar-refractivity contribution in [3.8, 4) is 33.4 Å². The third-order valence-corrected chi connectivity index (χ3v) is 15.5. The fourth-order valence-electron chi connectivity index (χ4n) is 12.4. The first kappa shape index (κ1) is 44.2. The van der Waals surface area contributed by atoms with Crippen LogP contribution in [0.15, 0.2) is 249 Å². The van der Waals surface area contributed by atoms with E-state index in [1.165, 1.54) is 89.0 Å². The summed E-state index contributed by atoms with van der Waals surface area (Å²) >= 11 is 0. The SMILES string of the molecule is CC(C)(C)c1cccc(C2(c3ccccc3)c3ccccc3-c3c(N(c4ccc(-c5ccccc5)cc4)c4ccc5c(c4)C(c4ccccc4)(c4ccccc4C(C)(C)C)c4ccccc4-5)cccc32)c1. The molecule has 2 unspecified atom stereocenters. The predicted octanol–water partition coefficient (Wildman–Crippen LogP) is 18.1. The summed E-state index contributed by atoms with van der Waals surface area (Å²) in [7, 11) is 0. The number of hydrogen-bond donors (Lipinski definition) is 0. The molecule has 0 saturated heterocycles. The maximum absolute atomic E-state index is 2.55. The van der Waals surface area contributed by atoms with E-state index in [1.807, 2.05) is 0 Å². The molecule has 2 aliphatic carbocycles. The molecule has 0 amide bonds. The molecule has 10 aromatic rings. The Morgan fingerprint density at radius 1 is 0.310 bits per heavy atom. The summed E-state index contributed by atoms with van der Waals surface area (Å²) < 4.78 is 0. The molecule has 10 aromatic carbocycles. The van der Waals surface area contributed by atoms with E-state index < -0.39 is 10.8 Å². The van der Waals surface area contributed by atoms with E-state index in [1.54, 1.807) is 0 Å². The smallest absolute Gasteiger partial charge is 0.0717 e. The molecule has 12 rings (SSSR count). The van der Waals surface area contributed by atoms with E-state index in [4.69, 9.17) is 0 Å². The molecule has 0 bridgehead atoms. The van der Waals surface area contributed by atoms with Crippen LogP contribution in [0.5, 0.6) is 0 Å². The molecule has 0 aromatic heterocycles. The highest BCUT2D eigenvalue weighted by Crippen LogP contribution is 2.62. The molecular formula is C70H59N. The number of anilines is 3.